The van der Waals surface area contributed by atoms with Crippen molar-refractivity contribution in [3.63, 3.8) is 0 Å². The van der Waals surface area contributed by atoms with Gasteiger partial charge < -0.3 is 10.2 Å². The van der Waals surface area contributed by atoms with Crippen LogP contribution in [0, 0.1) is 6.92 Å². The summed E-state index contributed by atoms with van der Waals surface area (Å²) in [4.78, 5) is 28.6. The van der Waals surface area contributed by atoms with E-state index < -0.39 is 10.0 Å². The zero-order valence-electron chi connectivity index (χ0n) is 23.7. The molecule has 11 nitrogen and oxygen atoms in total. The van der Waals surface area contributed by atoms with Crippen LogP contribution >= 0.6 is 0 Å². The average molecular weight is 585 g/mol. The first kappa shape index (κ1) is 27.7. The van der Waals surface area contributed by atoms with Crippen LogP contribution in [0.25, 0.3) is 33.5 Å². The van der Waals surface area contributed by atoms with Crippen LogP contribution in [0.1, 0.15) is 41.9 Å². The maximum Gasteiger partial charge on any atom is 0.269 e. The van der Waals surface area contributed by atoms with Crippen LogP contribution in [0.4, 0.5) is 0 Å². The standard InChI is InChI=1S/C30H32N8O3S/c1-4-36-12-10-23(11-13-36)37-18-22(16-34-37)25-19-38(42(40,41)24-8-6-5-7-9-24)29-28(25)35-26(17-33-29)21-14-20(2)27(32-15-21)30(39)31-3/h5-9,14-19,23H,4,10-13H2,1-3H3,(H,31,39). The molecule has 1 amide bonds. The fourth-order valence-corrected chi connectivity index (χ4v) is 6.79. The van der Waals surface area contributed by atoms with E-state index in [1.807, 2.05) is 16.9 Å². The molecule has 42 heavy (non-hydrogen) atoms. The second-order valence-electron chi connectivity index (χ2n) is 10.4. The second-order valence-corrected chi connectivity index (χ2v) is 12.2. The van der Waals surface area contributed by atoms with E-state index in [1.54, 1.807) is 62.9 Å². The summed E-state index contributed by atoms with van der Waals surface area (Å²) in [6.07, 6.45) is 10.4. The zero-order chi connectivity index (χ0) is 29.4. The average Bonchev–Trinajstić information content (AvgIpc) is 3.66. The summed E-state index contributed by atoms with van der Waals surface area (Å²) in [7, 11) is -2.39. The van der Waals surface area contributed by atoms with Gasteiger partial charge in [-0.1, -0.05) is 25.1 Å². The maximum atomic E-state index is 13.8. The number of carbonyl (C=O) groups excluding carboxylic acids is 1. The number of pyridine rings is 1. The van der Waals surface area contributed by atoms with Crippen LogP contribution in [0.5, 0.6) is 0 Å². The third-order valence-corrected chi connectivity index (χ3v) is 9.53. The van der Waals surface area contributed by atoms with Crippen molar-refractivity contribution in [2.45, 2.75) is 37.6 Å². The molecule has 12 heteroatoms. The number of aromatic nitrogens is 6. The lowest BCUT2D eigenvalue weighted by atomic mass is 10.1. The monoisotopic (exact) mass is 584 g/mol. The van der Waals surface area contributed by atoms with Crippen molar-refractivity contribution >= 4 is 27.1 Å². The Hall–Kier alpha value is -4.42. The highest BCUT2D eigenvalue weighted by Crippen LogP contribution is 2.34. The molecule has 6 rings (SSSR count). The molecule has 0 unspecified atom stereocenters. The zero-order valence-corrected chi connectivity index (χ0v) is 24.5. The molecular formula is C30H32N8O3S. The Kier molecular flexibility index (Phi) is 7.33. The number of hydrogen-bond acceptors (Lipinski definition) is 8. The van der Waals surface area contributed by atoms with Gasteiger partial charge in [-0.3, -0.25) is 14.5 Å². The number of nitrogens with one attached hydrogen (secondary N) is 1. The van der Waals surface area contributed by atoms with E-state index in [2.05, 4.69) is 32.2 Å². The van der Waals surface area contributed by atoms with E-state index in [0.29, 0.717) is 33.6 Å². The Morgan fingerprint density at radius 3 is 2.48 bits per heavy atom. The number of likely N-dealkylation sites (tertiary alicyclic amines) is 1. The Labute approximate surface area is 244 Å². The number of aryl methyl sites for hydroxylation is 1. The summed E-state index contributed by atoms with van der Waals surface area (Å²) in [6, 6.07) is 10.4. The molecule has 1 fully saturated rings. The molecule has 5 heterocycles. The first-order valence-corrected chi connectivity index (χ1v) is 15.4. The van der Waals surface area contributed by atoms with Crippen molar-refractivity contribution in [2.75, 3.05) is 26.7 Å². The number of amides is 1. The number of benzene rings is 1. The summed E-state index contributed by atoms with van der Waals surface area (Å²) < 4.78 is 30.7. The highest BCUT2D eigenvalue weighted by molar-refractivity contribution is 7.90. The lowest BCUT2D eigenvalue weighted by molar-refractivity contribution is 0.0957. The van der Waals surface area contributed by atoms with E-state index in [9.17, 15) is 13.2 Å². The van der Waals surface area contributed by atoms with E-state index in [-0.39, 0.29) is 22.5 Å². The van der Waals surface area contributed by atoms with Gasteiger partial charge in [-0.05, 0) is 50.1 Å². The topological polar surface area (TPSA) is 128 Å². The SMILES string of the molecule is CCN1CCC(n2cc(-c3cn(S(=O)(=O)c4ccccc4)c4ncc(-c5cnc(C(=O)NC)c(C)c5)nc34)cn2)CC1. The van der Waals surface area contributed by atoms with Gasteiger partial charge in [0.1, 0.15) is 11.2 Å². The third-order valence-electron chi connectivity index (χ3n) is 7.87. The van der Waals surface area contributed by atoms with Crippen molar-refractivity contribution in [3.05, 3.63) is 78.6 Å². The van der Waals surface area contributed by atoms with Gasteiger partial charge in [0.15, 0.2) is 5.65 Å². The highest BCUT2D eigenvalue weighted by atomic mass is 32.2. The van der Waals surface area contributed by atoms with Crippen LogP contribution in [0.2, 0.25) is 0 Å². The van der Waals surface area contributed by atoms with Gasteiger partial charge in [0.25, 0.3) is 15.9 Å². The molecule has 1 aromatic carbocycles. The maximum absolute atomic E-state index is 13.8. The first-order chi connectivity index (χ1) is 20.3. The lowest BCUT2D eigenvalue weighted by Crippen LogP contribution is -2.34. The van der Waals surface area contributed by atoms with Crippen molar-refractivity contribution in [1.29, 1.82) is 0 Å². The molecule has 4 aromatic heterocycles. The van der Waals surface area contributed by atoms with Gasteiger partial charge in [0.05, 0.1) is 29.0 Å². The Balaban J connectivity index is 1.47. The molecule has 1 saturated heterocycles. The number of nitrogens with zero attached hydrogens (tertiary/aromatic N) is 7. The second kappa shape index (κ2) is 11.1. The van der Waals surface area contributed by atoms with Crippen LogP contribution < -0.4 is 5.32 Å². The lowest BCUT2D eigenvalue weighted by Gasteiger charge is -2.31. The van der Waals surface area contributed by atoms with E-state index >= 15 is 0 Å². The number of hydrogen-bond donors (Lipinski definition) is 1. The molecule has 216 valence electrons. The minimum absolute atomic E-state index is 0.155. The van der Waals surface area contributed by atoms with Gasteiger partial charge in [0.2, 0.25) is 0 Å². The Bertz CT molecular complexity index is 1870. The Morgan fingerprint density at radius 2 is 1.79 bits per heavy atom. The van der Waals surface area contributed by atoms with Crippen LogP contribution in [0.15, 0.2) is 72.3 Å². The summed E-state index contributed by atoms with van der Waals surface area (Å²) in [5.74, 6) is -0.275. The molecule has 1 N–H and O–H groups in total. The van der Waals surface area contributed by atoms with Crippen molar-refractivity contribution in [1.82, 2.24) is 38.9 Å². The van der Waals surface area contributed by atoms with Gasteiger partial charge >= 0.3 is 0 Å². The minimum atomic E-state index is -3.95. The molecule has 0 radical (unpaired) electrons. The highest BCUT2D eigenvalue weighted by Gasteiger charge is 2.26. The molecule has 5 aromatic rings. The van der Waals surface area contributed by atoms with Crippen LogP contribution in [-0.4, -0.2) is 74.6 Å². The molecule has 0 atom stereocenters. The molecule has 1 aliphatic heterocycles. The molecule has 0 spiro atoms. The van der Waals surface area contributed by atoms with Crippen molar-refractivity contribution in [3.8, 4) is 22.4 Å². The normalized spacial score (nSPS) is 14.8. The number of fused-ring (bicyclic) bond motifs is 1. The minimum Gasteiger partial charge on any atom is -0.354 e. The van der Waals surface area contributed by atoms with E-state index in [0.717, 1.165) is 38.0 Å². The quantitative estimate of drug-likeness (QED) is 0.305. The largest absolute Gasteiger partial charge is 0.354 e. The van der Waals surface area contributed by atoms with Gasteiger partial charge in [-0.15, -0.1) is 0 Å². The predicted molar refractivity (Wildman–Crippen MR) is 160 cm³/mol. The fourth-order valence-electron chi connectivity index (χ4n) is 5.45. The predicted octanol–water partition coefficient (Wildman–Crippen LogP) is 3.92. The van der Waals surface area contributed by atoms with Crippen LogP contribution in [-0.2, 0) is 10.0 Å². The van der Waals surface area contributed by atoms with Gasteiger partial charge in [-0.2, -0.15) is 5.10 Å². The molecular weight excluding hydrogens is 552 g/mol. The molecule has 0 bridgehead atoms. The molecule has 0 saturated carbocycles. The van der Waals surface area contributed by atoms with E-state index in [1.165, 1.54) is 10.2 Å². The van der Waals surface area contributed by atoms with Crippen molar-refractivity contribution < 1.29 is 13.2 Å². The third kappa shape index (κ3) is 4.96. The fraction of sp³-hybridized carbons (Fsp3) is 0.300. The van der Waals surface area contributed by atoms with Gasteiger partial charge in [-0.25, -0.2) is 22.4 Å². The van der Waals surface area contributed by atoms with Crippen molar-refractivity contribution in [2.24, 2.45) is 0 Å². The molecule has 1 aliphatic rings. The number of rotatable bonds is 7. The van der Waals surface area contributed by atoms with Crippen LogP contribution in [0.3, 0.4) is 0 Å². The Morgan fingerprint density at radius 1 is 1.02 bits per heavy atom. The summed E-state index contributed by atoms with van der Waals surface area (Å²) in [6.45, 7) is 7.06. The number of piperidine rings is 1. The summed E-state index contributed by atoms with van der Waals surface area (Å²) in [5.41, 5.74) is 4.21. The smallest absolute Gasteiger partial charge is 0.269 e. The number of carbonyl (C=O) groups is 1. The molecule has 0 aliphatic carbocycles. The first-order valence-electron chi connectivity index (χ1n) is 13.9. The summed E-state index contributed by atoms with van der Waals surface area (Å²) >= 11 is 0. The summed E-state index contributed by atoms with van der Waals surface area (Å²) in [5, 5.41) is 7.27. The van der Waals surface area contributed by atoms with Gasteiger partial charge in [0, 0.05) is 55.4 Å². The van der Waals surface area contributed by atoms with E-state index in [4.69, 9.17) is 4.98 Å².